The van der Waals surface area contributed by atoms with Crippen molar-refractivity contribution in [1.29, 1.82) is 0 Å². The summed E-state index contributed by atoms with van der Waals surface area (Å²) in [6.45, 7) is 4.02. The first-order valence-corrected chi connectivity index (χ1v) is 6.13. The van der Waals surface area contributed by atoms with Crippen molar-refractivity contribution < 1.29 is 4.79 Å². The van der Waals surface area contributed by atoms with Crippen LogP contribution in [0.15, 0.2) is 6.20 Å². The predicted molar refractivity (Wildman–Crippen MR) is 66.8 cm³/mol. The van der Waals surface area contributed by atoms with Crippen molar-refractivity contribution in [2.45, 2.75) is 45.2 Å². The number of carbonyl (C=O) groups excluding carboxylic acids is 1. The van der Waals surface area contributed by atoms with Gasteiger partial charge in [0.05, 0.1) is 17.4 Å². The summed E-state index contributed by atoms with van der Waals surface area (Å²) in [6.07, 6.45) is 5.00. The Morgan fingerprint density at radius 1 is 1.59 bits per heavy atom. The zero-order chi connectivity index (χ0) is 12.4. The molecular weight excluding hydrogens is 216 g/mol. The highest BCUT2D eigenvalue weighted by molar-refractivity contribution is 5.95. The summed E-state index contributed by atoms with van der Waals surface area (Å²) >= 11 is 0. The molecule has 2 N–H and O–H groups in total. The molecule has 2 unspecified atom stereocenters. The first-order valence-electron chi connectivity index (χ1n) is 6.13. The molecule has 1 aromatic rings. The van der Waals surface area contributed by atoms with Crippen LogP contribution in [0.3, 0.4) is 0 Å². The second kappa shape index (κ2) is 4.87. The van der Waals surface area contributed by atoms with E-state index in [0.717, 1.165) is 30.6 Å². The fraction of sp³-hybridized carbons (Fsp3) is 0.667. The molecule has 0 aliphatic carbocycles. The van der Waals surface area contributed by atoms with Gasteiger partial charge in [0.2, 0.25) is 5.91 Å². The minimum absolute atomic E-state index is 0.0488. The Bertz CT molecular complexity index is 413. The van der Waals surface area contributed by atoms with E-state index in [0.29, 0.717) is 6.04 Å². The van der Waals surface area contributed by atoms with E-state index >= 15 is 0 Å². The number of amides is 1. The van der Waals surface area contributed by atoms with Crippen LogP contribution in [0.2, 0.25) is 0 Å². The van der Waals surface area contributed by atoms with Crippen LogP contribution < -0.4 is 10.6 Å². The van der Waals surface area contributed by atoms with E-state index in [1.807, 2.05) is 20.2 Å². The number of carbonyl (C=O) groups is 1. The topological polar surface area (TPSA) is 59.0 Å². The molecule has 0 bridgehead atoms. The van der Waals surface area contributed by atoms with E-state index < -0.39 is 0 Å². The summed E-state index contributed by atoms with van der Waals surface area (Å²) in [6, 6.07) is 0.354. The van der Waals surface area contributed by atoms with Gasteiger partial charge in [0, 0.05) is 19.3 Å². The molecule has 1 amide bonds. The number of aromatic nitrogens is 2. The number of hydrogen-bond donors (Lipinski definition) is 2. The lowest BCUT2D eigenvalue weighted by Gasteiger charge is -2.27. The van der Waals surface area contributed by atoms with Crippen LogP contribution in [0.1, 0.15) is 31.9 Å². The van der Waals surface area contributed by atoms with Crippen LogP contribution in [0, 0.1) is 6.92 Å². The highest BCUT2D eigenvalue weighted by Crippen LogP contribution is 2.16. The predicted octanol–water partition coefficient (Wildman–Crippen LogP) is 1.20. The van der Waals surface area contributed by atoms with E-state index in [4.69, 9.17) is 0 Å². The van der Waals surface area contributed by atoms with Crippen LogP contribution in [-0.2, 0) is 11.8 Å². The standard InChI is InChI=1S/C12H20N4O/c1-8-5-4-6-10(13-8)12(17)14-11-7-16(3)15-9(11)2/h7-8,10,13H,4-6H2,1-3H3,(H,14,17). The lowest BCUT2D eigenvalue weighted by atomic mass is 9.99. The summed E-state index contributed by atoms with van der Waals surface area (Å²) in [5.74, 6) is 0.0488. The van der Waals surface area contributed by atoms with Gasteiger partial charge in [-0.3, -0.25) is 9.48 Å². The lowest BCUT2D eigenvalue weighted by Crippen LogP contribution is -2.47. The lowest BCUT2D eigenvalue weighted by molar-refractivity contribution is -0.118. The molecular formula is C12H20N4O. The van der Waals surface area contributed by atoms with Crippen molar-refractivity contribution in [2.24, 2.45) is 7.05 Å². The minimum Gasteiger partial charge on any atom is -0.322 e. The fourth-order valence-corrected chi connectivity index (χ4v) is 2.29. The Morgan fingerprint density at radius 2 is 2.35 bits per heavy atom. The zero-order valence-electron chi connectivity index (χ0n) is 10.7. The Morgan fingerprint density at radius 3 is 2.94 bits per heavy atom. The number of aryl methyl sites for hydroxylation is 2. The molecule has 0 saturated carbocycles. The van der Waals surface area contributed by atoms with Gasteiger partial charge in [0.15, 0.2) is 0 Å². The number of piperidine rings is 1. The molecule has 2 heterocycles. The first-order chi connectivity index (χ1) is 8.06. The van der Waals surface area contributed by atoms with Crippen LogP contribution in [0.25, 0.3) is 0 Å². The zero-order valence-corrected chi connectivity index (χ0v) is 10.7. The van der Waals surface area contributed by atoms with Crippen molar-refractivity contribution >= 4 is 11.6 Å². The fourth-order valence-electron chi connectivity index (χ4n) is 2.29. The second-order valence-electron chi connectivity index (χ2n) is 4.84. The van der Waals surface area contributed by atoms with Crippen molar-refractivity contribution in [2.75, 3.05) is 5.32 Å². The molecule has 1 aromatic heterocycles. The SMILES string of the molecule is Cc1nn(C)cc1NC(=O)C1CCCC(C)N1. The van der Waals surface area contributed by atoms with Crippen LogP contribution in [0.5, 0.6) is 0 Å². The van der Waals surface area contributed by atoms with Gasteiger partial charge < -0.3 is 10.6 Å². The van der Waals surface area contributed by atoms with Crippen molar-refractivity contribution in [3.05, 3.63) is 11.9 Å². The quantitative estimate of drug-likeness (QED) is 0.811. The van der Waals surface area contributed by atoms with Gasteiger partial charge >= 0.3 is 0 Å². The van der Waals surface area contributed by atoms with E-state index in [1.54, 1.807) is 4.68 Å². The minimum atomic E-state index is -0.0710. The third-order valence-corrected chi connectivity index (χ3v) is 3.20. The first kappa shape index (κ1) is 12.1. The number of anilines is 1. The van der Waals surface area contributed by atoms with Gasteiger partial charge in [0.1, 0.15) is 0 Å². The van der Waals surface area contributed by atoms with Crippen LogP contribution in [0.4, 0.5) is 5.69 Å². The molecule has 0 radical (unpaired) electrons. The third kappa shape index (κ3) is 2.85. The van der Waals surface area contributed by atoms with Crippen molar-refractivity contribution in [3.8, 4) is 0 Å². The van der Waals surface area contributed by atoms with E-state index in [9.17, 15) is 4.79 Å². The highest BCUT2D eigenvalue weighted by Gasteiger charge is 2.24. The summed E-state index contributed by atoms with van der Waals surface area (Å²) in [7, 11) is 1.85. The van der Waals surface area contributed by atoms with Gasteiger partial charge in [-0.2, -0.15) is 5.10 Å². The van der Waals surface area contributed by atoms with Gasteiger partial charge in [-0.25, -0.2) is 0 Å². The summed E-state index contributed by atoms with van der Waals surface area (Å²) < 4.78 is 1.71. The maximum absolute atomic E-state index is 12.1. The molecule has 1 aliphatic heterocycles. The maximum Gasteiger partial charge on any atom is 0.241 e. The van der Waals surface area contributed by atoms with Gasteiger partial charge in [-0.1, -0.05) is 0 Å². The normalized spacial score (nSPS) is 24.6. The molecule has 2 rings (SSSR count). The number of hydrogen-bond acceptors (Lipinski definition) is 3. The molecule has 1 fully saturated rings. The van der Waals surface area contributed by atoms with Crippen LogP contribution >= 0.6 is 0 Å². The van der Waals surface area contributed by atoms with E-state index in [1.165, 1.54) is 0 Å². The van der Waals surface area contributed by atoms with Gasteiger partial charge in [-0.15, -0.1) is 0 Å². The molecule has 5 heteroatoms. The summed E-state index contributed by atoms with van der Waals surface area (Å²) in [4.78, 5) is 12.1. The largest absolute Gasteiger partial charge is 0.322 e. The summed E-state index contributed by atoms with van der Waals surface area (Å²) in [5.41, 5.74) is 1.65. The summed E-state index contributed by atoms with van der Waals surface area (Å²) in [5, 5.41) is 10.5. The Labute approximate surface area is 102 Å². The molecule has 1 aliphatic rings. The highest BCUT2D eigenvalue weighted by atomic mass is 16.2. The van der Waals surface area contributed by atoms with Crippen molar-refractivity contribution in [1.82, 2.24) is 15.1 Å². The van der Waals surface area contributed by atoms with Gasteiger partial charge in [0.25, 0.3) is 0 Å². The molecule has 94 valence electrons. The molecule has 17 heavy (non-hydrogen) atoms. The Kier molecular flexibility index (Phi) is 3.47. The number of nitrogens with one attached hydrogen (secondary N) is 2. The van der Waals surface area contributed by atoms with E-state index in [-0.39, 0.29) is 11.9 Å². The third-order valence-electron chi connectivity index (χ3n) is 3.20. The molecule has 1 saturated heterocycles. The van der Waals surface area contributed by atoms with Gasteiger partial charge in [-0.05, 0) is 33.1 Å². The van der Waals surface area contributed by atoms with Crippen molar-refractivity contribution in [3.63, 3.8) is 0 Å². The monoisotopic (exact) mass is 236 g/mol. The smallest absolute Gasteiger partial charge is 0.241 e. The maximum atomic E-state index is 12.1. The van der Waals surface area contributed by atoms with Crippen LogP contribution in [-0.4, -0.2) is 27.8 Å². The van der Waals surface area contributed by atoms with E-state index in [2.05, 4.69) is 22.7 Å². The molecule has 5 nitrogen and oxygen atoms in total. The Hall–Kier alpha value is -1.36. The molecule has 0 spiro atoms. The number of rotatable bonds is 2. The average Bonchev–Trinajstić information content (AvgIpc) is 2.57. The Balaban J connectivity index is 1.99. The molecule has 0 aromatic carbocycles. The molecule has 2 atom stereocenters. The number of nitrogens with zero attached hydrogens (tertiary/aromatic N) is 2. The second-order valence-corrected chi connectivity index (χ2v) is 4.84. The average molecular weight is 236 g/mol.